The Morgan fingerprint density at radius 1 is 1.33 bits per heavy atom. The Morgan fingerprint density at radius 2 is 2.07 bits per heavy atom. The molecular formula is C13H17NO. The predicted octanol–water partition coefficient (Wildman–Crippen LogP) is 3.30. The maximum atomic E-state index is 5.24. The maximum Gasteiger partial charge on any atom is 0.142 e. The van der Waals surface area contributed by atoms with Gasteiger partial charge in [-0.3, -0.25) is 0 Å². The molecule has 15 heavy (non-hydrogen) atoms. The fourth-order valence-electron chi connectivity index (χ4n) is 1.51. The van der Waals surface area contributed by atoms with E-state index in [4.69, 9.17) is 4.84 Å². The predicted molar refractivity (Wildman–Crippen MR) is 61.8 cm³/mol. The van der Waals surface area contributed by atoms with E-state index < -0.39 is 0 Å². The molecule has 80 valence electrons. The molecule has 0 saturated heterocycles. The zero-order chi connectivity index (χ0) is 10.5. The van der Waals surface area contributed by atoms with Crippen molar-refractivity contribution >= 4 is 6.21 Å². The van der Waals surface area contributed by atoms with Crippen molar-refractivity contribution in [3.8, 4) is 0 Å². The number of nitrogens with zero attached hydrogens (tertiary/aromatic N) is 1. The van der Waals surface area contributed by atoms with Crippen molar-refractivity contribution < 1.29 is 4.84 Å². The molecule has 0 aliphatic heterocycles. The Kier molecular flexibility index (Phi) is 3.38. The van der Waals surface area contributed by atoms with Crippen LogP contribution in [0.2, 0.25) is 0 Å². The van der Waals surface area contributed by atoms with Gasteiger partial charge >= 0.3 is 0 Å². The van der Waals surface area contributed by atoms with Gasteiger partial charge in [0.05, 0.1) is 0 Å². The maximum absolute atomic E-state index is 5.24. The zero-order valence-electron chi connectivity index (χ0n) is 9.15. The molecule has 1 aromatic carbocycles. The van der Waals surface area contributed by atoms with Crippen molar-refractivity contribution in [3.63, 3.8) is 0 Å². The van der Waals surface area contributed by atoms with E-state index in [1.165, 1.54) is 30.4 Å². The summed E-state index contributed by atoms with van der Waals surface area (Å²) in [7, 11) is 0. The van der Waals surface area contributed by atoms with Crippen LogP contribution in [-0.4, -0.2) is 6.21 Å². The monoisotopic (exact) mass is 203 g/mol. The van der Waals surface area contributed by atoms with E-state index in [0.29, 0.717) is 12.5 Å². The molecule has 1 aromatic rings. The summed E-state index contributed by atoms with van der Waals surface area (Å²) in [5.74, 6) is 0.669. The largest absolute Gasteiger partial charge is 0.391 e. The van der Waals surface area contributed by atoms with Gasteiger partial charge in [0.2, 0.25) is 0 Å². The first-order valence-electron chi connectivity index (χ1n) is 5.55. The van der Waals surface area contributed by atoms with E-state index in [9.17, 15) is 0 Å². The molecule has 0 unspecified atom stereocenters. The number of oxime groups is 1. The molecule has 2 rings (SSSR count). The molecule has 0 spiro atoms. The summed E-state index contributed by atoms with van der Waals surface area (Å²) in [6, 6.07) is 8.34. The fourth-order valence-corrected chi connectivity index (χ4v) is 1.51. The van der Waals surface area contributed by atoms with Crippen molar-refractivity contribution in [2.45, 2.75) is 32.8 Å². The van der Waals surface area contributed by atoms with Gasteiger partial charge in [0, 0.05) is 6.21 Å². The van der Waals surface area contributed by atoms with Crippen LogP contribution >= 0.6 is 0 Å². The lowest BCUT2D eigenvalue weighted by Gasteiger charge is -2.19. The molecule has 1 aliphatic rings. The van der Waals surface area contributed by atoms with Gasteiger partial charge in [-0.25, -0.2) is 0 Å². The topological polar surface area (TPSA) is 21.6 Å². The van der Waals surface area contributed by atoms with E-state index in [-0.39, 0.29) is 0 Å². The van der Waals surface area contributed by atoms with Crippen LogP contribution in [0.3, 0.4) is 0 Å². The molecule has 2 heteroatoms. The van der Waals surface area contributed by atoms with Crippen LogP contribution in [0.4, 0.5) is 0 Å². The van der Waals surface area contributed by atoms with Gasteiger partial charge in [-0.1, -0.05) is 41.4 Å². The second kappa shape index (κ2) is 4.96. The number of rotatable bonds is 4. The summed E-state index contributed by atoms with van der Waals surface area (Å²) < 4.78 is 0. The second-order valence-corrected chi connectivity index (χ2v) is 4.20. The van der Waals surface area contributed by atoms with Crippen molar-refractivity contribution in [1.29, 1.82) is 0 Å². The molecular weight excluding hydrogens is 186 g/mol. The van der Waals surface area contributed by atoms with Crippen LogP contribution in [0, 0.1) is 12.8 Å². The molecule has 0 radical (unpaired) electrons. The molecule has 0 aromatic heterocycles. The lowest BCUT2D eigenvalue weighted by Crippen LogP contribution is -2.11. The summed E-state index contributed by atoms with van der Waals surface area (Å²) in [5.41, 5.74) is 2.45. The van der Waals surface area contributed by atoms with Gasteiger partial charge in [-0.15, -0.1) is 0 Å². The van der Waals surface area contributed by atoms with E-state index in [2.05, 4.69) is 36.3 Å². The summed E-state index contributed by atoms with van der Waals surface area (Å²) in [6.45, 7) is 2.66. The minimum Gasteiger partial charge on any atom is -0.391 e. The van der Waals surface area contributed by atoms with Crippen LogP contribution < -0.4 is 0 Å². The number of benzene rings is 1. The highest BCUT2D eigenvalue weighted by Gasteiger charge is 2.14. The number of aryl methyl sites for hydroxylation is 1. The van der Waals surface area contributed by atoms with Gasteiger partial charge in [0.25, 0.3) is 0 Å². The van der Waals surface area contributed by atoms with E-state index >= 15 is 0 Å². The third-order valence-electron chi connectivity index (χ3n) is 2.85. The standard InChI is InChI=1S/C13H17NO/c1-11-5-7-13(8-6-11)10-15-14-9-12-3-2-4-12/h5-9,12H,2-4,10H2,1H3. The van der Waals surface area contributed by atoms with Gasteiger partial charge < -0.3 is 4.84 Å². The molecule has 0 atom stereocenters. The normalized spacial score (nSPS) is 16.6. The van der Waals surface area contributed by atoms with Crippen LogP contribution in [0.15, 0.2) is 29.4 Å². The second-order valence-electron chi connectivity index (χ2n) is 4.20. The highest BCUT2D eigenvalue weighted by Crippen LogP contribution is 2.24. The number of hydrogen-bond donors (Lipinski definition) is 0. The quantitative estimate of drug-likeness (QED) is 0.543. The van der Waals surface area contributed by atoms with E-state index in [0.717, 1.165) is 0 Å². The van der Waals surface area contributed by atoms with E-state index in [1.807, 2.05) is 6.21 Å². The summed E-state index contributed by atoms with van der Waals surface area (Å²) >= 11 is 0. The van der Waals surface area contributed by atoms with Gasteiger partial charge in [0.1, 0.15) is 6.61 Å². The third-order valence-corrected chi connectivity index (χ3v) is 2.85. The summed E-state index contributed by atoms with van der Waals surface area (Å²) in [4.78, 5) is 5.24. The van der Waals surface area contributed by atoms with Crippen LogP contribution in [0.1, 0.15) is 30.4 Å². The van der Waals surface area contributed by atoms with Gasteiger partial charge in [-0.2, -0.15) is 0 Å². The molecule has 1 aliphatic carbocycles. The van der Waals surface area contributed by atoms with Crippen LogP contribution in [0.25, 0.3) is 0 Å². The molecule has 0 bridgehead atoms. The Labute approximate surface area is 90.9 Å². The first kappa shape index (κ1) is 10.2. The molecule has 1 fully saturated rings. The first-order chi connectivity index (χ1) is 7.34. The van der Waals surface area contributed by atoms with Crippen molar-refractivity contribution in [2.75, 3.05) is 0 Å². The van der Waals surface area contributed by atoms with Gasteiger partial charge in [0.15, 0.2) is 0 Å². The van der Waals surface area contributed by atoms with Crippen molar-refractivity contribution in [2.24, 2.45) is 11.1 Å². The molecule has 2 nitrogen and oxygen atoms in total. The SMILES string of the molecule is Cc1ccc(CON=CC2CCC2)cc1. The zero-order valence-corrected chi connectivity index (χ0v) is 9.15. The van der Waals surface area contributed by atoms with Crippen LogP contribution in [-0.2, 0) is 11.4 Å². The minimum atomic E-state index is 0.573. The Balaban J connectivity index is 1.72. The average Bonchev–Trinajstić information content (AvgIpc) is 2.18. The molecule has 0 N–H and O–H groups in total. The van der Waals surface area contributed by atoms with Crippen molar-refractivity contribution in [1.82, 2.24) is 0 Å². The van der Waals surface area contributed by atoms with Crippen molar-refractivity contribution in [3.05, 3.63) is 35.4 Å². The lowest BCUT2D eigenvalue weighted by atomic mass is 9.87. The highest BCUT2D eigenvalue weighted by atomic mass is 16.6. The summed E-state index contributed by atoms with van der Waals surface area (Å²) in [6.07, 6.45) is 5.83. The Morgan fingerprint density at radius 3 is 2.67 bits per heavy atom. The molecule has 0 amide bonds. The molecule has 1 saturated carbocycles. The van der Waals surface area contributed by atoms with E-state index in [1.54, 1.807) is 0 Å². The Bertz CT molecular complexity index is 325. The van der Waals surface area contributed by atoms with Crippen LogP contribution in [0.5, 0.6) is 0 Å². The van der Waals surface area contributed by atoms with Gasteiger partial charge in [-0.05, 0) is 31.2 Å². The minimum absolute atomic E-state index is 0.573. The lowest BCUT2D eigenvalue weighted by molar-refractivity contribution is 0.129. The highest BCUT2D eigenvalue weighted by molar-refractivity contribution is 5.60. The average molecular weight is 203 g/mol. The molecule has 0 heterocycles. The smallest absolute Gasteiger partial charge is 0.142 e. The first-order valence-corrected chi connectivity index (χ1v) is 5.55. The summed E-state index contributed by atoms with van der Waals surface area (Å²) in [5, 5.41) is 3.99. The number of hydrogen-bond acceptors (Lipinski definition) is 2. The third kappa shape index (κ3) is 3.08. The fraction of sp³-hybridized carbons (Fsp3) is 0.462. The Hall–Kier alpha value is -1.31.